The summed E-state index contributed by atoms with van der Waals surface area (Å²) in [6.45, 7) is 6.55. The van der Waals surface area contributed by atoms with Crippen molar-refractivity contribution in [1.82, 2.24) is 0 Å². The maximum absolute atomic E-state index is 13.7. The Labute approximate surface area is 204 Å². The first kappa shape index (κ1) is 24.3. The molecule has 7 nitrogen and oxygen atoms in total. The summed E-state index contributed by atoms with van der Waals surface area (Å²) in [5.41, 5.74) is 1.39. The highest BCUT2D eigenvalue weighted by Crippen LogP contribution is 2.46. The molecule has 0 bridgehead atoms. The maximum Gasteiger partial charge on any atom is 0.310 e. The second-order valence-electron chi connectivity index (χ2n) is 8.49. The van der Waals surface area contributed by atoms with Gasteiger partial charge in [-0.25, -0.2) is 4.90 Å². The predicted octanol–water partition coefficient (Wildman–Crippen LogP) is 5.80. The third kappa shape index (κ3) is 4.22. The quantitative estimate of drug-likeness (QED) is 0.373. The van der Waals surface area contributed by atoms with Gasteiger partial charge in [-0.3, -0.25) is 14.4 Å². The fraction of sp³-hybridized carbons (Fsp3) is 0.321. The number of benzene rings is 3. The van der Waals surface area contributed by atoms with Crippen molar-refractivity contribution in [2.24, 2.45) is 0 Å². The van der Waals surface area contributed by atoms with E-state index >= 15 is 0 Å². The molecule has 3 aromatic rings. The van der Waals surface area contributed by atoms with Crippen molar-refractivity contribution in [2.45, 2.75) is 46.0 Å². The molecule has 0 fully saturated rings. The van der Waals surface area contributed by atoms with Gasteiger partial charge < -0.3 is 14.6 Å². The fourth-order valence-corrected chi connectivity index (χ4v) is 4.45. The van der Waals surface area contributed by atoms with Crippen LogP contribution < -0.4 is 14.4 Å². The van der Waals surface area contributed by atoms with Crippen LogP contribution in [0.15, 0.2) is 48.5 Å². The maximum atomic E-state index is 13.7. The van der Waals surface area contributed by atoms with Gasteiger partial charge in [0.25, 0.3) is 11.8 Å². The number of fused-ring (bicyclic) bond motifs is 2. The third-order valence-corrected chi connectivity index (χ3v) is 6.12. The molecule has 1 atom stereocenters. The minimum Gasteiger partial charge on any atom is -0.492 e. The zero-order valence-corrected chi connectivity index (χ0v) is 20.2. The number of carbonyl (C=O) groups excluding carboxylic acids is 2. The number of anilines is 1. The molecule has 3 aromatic carbocycles. The van der Waals surface area contributed by atoms with Gasteiger partial charge in [0.05, 0.1) is 35.9 Å². The largest absolute Gasteiger partial charge is 0.492 e. The minimum atomic E-state index is -0.914. The van der Waals surface area contributed by atoms with Crippen LogP contribution in [0, 0.1) is 0 Å². The van der Waals surface area contributed by atoms with Crippen molar-refractivity contribution in [3.63, 3.8) is 0 Å². The molecule has 0 radical (unpaired) electrons. The van der Waals surface area contributed by atoms with Crippen molar-refractivity contribution in [3.8, 4) is 11.5 Å². The lowest BCUT2D eigenvalue weighted by molar-refractivity contribution is -0.138. The molecule has 1 heterocycles. The van der Waals surface area contributed by atoms with Crippen LogP contribution in [0.5, 0.6) is 11.5 Å². The number of rotatable bonds is 10. The Kier molecular flexibility index (Phi) is 7.05. The van der Waals surface area contributed by atoms with E-state index in [9.17, 15) is 19.5 Å². The molecule has 0 spiro atoms. The Bertz CT molecular complexity index is 1210. The summed E-state index contributed by atoms with van der Waals surface area (Å²) >= 11 is 0. The average Bonchev–Trinajstić information content (AvgIpc) is 3.12. The van der Waals surface area contributed by atoms with Crippen LogP contribution >= 0.6 is 0 Å². The molecule has 0 aromatic heterocycles. The predicted molar refractivity (Wildman–Crippen MR) is 134 cm³/mol. The molecule has 7 heteroatoms. The molecule has 0 aliphatic carbocycles. The number of carbonyl (C=O) groups is 3. The Morgan fingerprint density at radius 2 is 1.31 bits per heavy atom. The summed E-state index contributed by atoms with van der Waals surface area (Å²) in [7, 11) is 0. The van der Waals surface area contributed by atoms with Gasteiger partial charge in [0, 0.05) is 10.8 Å². The number of nitrogens with zero attached hydrogens (tertiary/aromatic N) is 1. The van der Waals surface area contributed by atoms with E-state index in [-0.39, 0.29) is 11.1 Å². The van der Waals surface area contributed by atoms with Gasteiger partial charge in [-0.05, 0) is 37.0 Å². The number of imide groups is 1. The number of hydrogen-bond donors (Lipinski definition) is 1. The van der Waals surface area contributed by atoms with E-state index < -0.39 is 23.7 Å². The van der Waals surface area contributed by atoms with Gasteiger partial charge in [-0.15, -0.1) is 0 Å². The van der Waals surface area contributed by atoms with Crippen LogP contribution in [0.2, 0.25) is 0 Å². The minimum absolute atomic E-state index is 0.203. The first-order valence-corrected chi connectivity index (χ1v) is 12.0. The van der Waals surface area contributed by atoms with Crippen LogP contribution in [0.1, 0.15) is 72.2 Å². The first-order valence-electron chi connectivity index (χ1n) is 12.0. The fourth-order valence-electron chi connectivity index (χ4n) is 4.45. The van der Waals surface area contributed by atoms with Crippen LogP contribution in [-0.4, -0.2) is 36.1 Å². The summed E-state index contributed by atoms with van der Waals surface area (Å²) in [5, 5.41) is 10.9. The number of aliphatic carboxylic acids is 1. The lowest BCUT2D eigenvalue weighted by Crippen LogP contribution is -2.29. The molecule has 4 rings (SSSR count). The van der Waals surface area contributed by atoms with Gasteiger partial charge in [0.1, 0.15) is 11.5 Å². The smallest absolute Gasteiger partial charge is 0.310 e. The van der Waals surface area contributed by atoms with Crippen LogP contribution in [0.4, 0.5) is 5.69 Å². The zero-order valence-electron chi connectivity index (χ0n) is 20.2. The van der Waals surface area contributed by atoms with Crippen molar-refractivity contribution in [1.29, 1.82) is 0 Å². The summed E-state index contributed by atoms with van der Waals surface area (Å²) in [4.78, 5) is 40.1. The molecule has 1 N–H and O–H groups in total. The molecule has 0 saturated carbocycles. The average molecular weight is 476 g/mol. The second-order valence-corrected chi connectivity index (χ2v) is 8.49. The lowest BCUT2D eigenvalue weighted by atomic mass is 9.96. The first-order chi connectivity index (χ1) is 16.9. The van der Waals surface area contributed by atoms with Crippen molar-refractivity contribution in [3.05, 3.63) is 65.2 Å². The van der Waals surface area contributed by atoms with Gasteiger partial charge in [-0.2, -0.15) is 0 Å². The highest BCUT2D eigenvalue weighted by atomic mass is 16.5. The lowest BCUT2D eigenvalue weighted by Gasteiger charge is -2.16. The number of carboxylic acids is 1. The summed E-state index contributed by atoms with van der Waals surface area (Å²) in [6, 6.07) is 14.0. The van der Waals surface area contributed by atoms with E-state index in [2.05, 4.69) is 0 Å². The molecule has 1 aliphatic rings. The van der Waals surface area contributed by atoms with E-state index in [0.29, 0.717) is 42.4 Å². The van der Waals surface area contributed by atoms with E-state index in [1.54, 1.807) is 31.2 Å². The van der Waals surface area contributed by atoms with Crippen LogP contribution in [0.25, 0.3) is 10.8 Å². The summed E-state index contributed by atoms with van der Waals surface area (Å²) in [5.74, 6) is -1.77. The molecule has 1 unspecified atom stereocenters. The Hall–Kier alpha value is -3.87. The van der Waals surface area contributed by atoms with Crippen molar-refractivity contribution in [2.75, 3.05) is 18.1 Å². The van der Waals surface area contributed by atoms with Crippen LogP contribution in [-0.2, 0) is 4.79 Å². The number of carboxylic acid groups (broad SMARTS) is 1. The summed E-state index contributed by atoms with van der Waals surface area (Å²) < 4.78 is 12.1. The van der Waals surface area contributed by atoms with Crippen molar-refractivity contribution < 1.29 is 29.0 Å². The molecule has 35 heavy (non-hydrogen) atoms. The molecule has 182 valence electrons. The normalized spacial score (nSPS) is 13.7. The van der Waals surface area contributed by atoms with Gasteiger partial charge in [0.15, 0.2) is 0 Å². The van der Waals surface area contributed by atoms with Crippen molar-refractivity contribution >= 4 is 34.2 Å². The molecule has 1 aliphatic heterocycles. The Balaban J connectivity index is 1.87. The third-order valence-electron chi connectivity index (χ3n) is 6.12. The molecule has 0 saturated heterocycles. The second kappa shape index (κ2) is 10.2. The Morgan fingerprint density at radius 3 is 1.71 bits per heavy atom. The molecular formula is C28H29NO6. The van der Waals surface area contributed by atoms with E-state index in [4.69, 9.17) is 9.47 Å². The highest BCUT2D eigenvalue weighted by Gasteiger charge is 2.43. The van der Waals surface area contributed by atoms with E-state index in [1.807, 2.05) is 38.1 Å². The zero-order chi connectivity index (χ0) is 25.1. The van der Waals surface area contributed by atoms with Crippen LogP contribution in [0.3, 0.4) is 0 Å². The highest BCUT2D eigenvalue weighted by molar-refractivity contribution is 6.38. The number of ether oxygens (including phenoxy) is 2. The Morgan fingerprint density at radius 1 is 0.829 bits per heavy atom. The van der Waals surface area contributed by atoms with E-state index in [0.717, 1.165) is 28.5 Å². The standard InChI is InChI=1S/C28H29NO6/c1-4-15-34-24-20-9-7-8-10-21(20)25(35-16-5-2)23-22(24)26(30)29(27(23)31)18-13-11-17(12-14-18)19(6-3)28(32)33/h7-14,19H,4-6,15-16H2,1-3H3,(H,32,33). The monoisotopic (exact) mass is 475 g/mol. The SMILES string of the molecule is CCCOc1c2c(c(OCCC)c3ccccc13)C(=O)N(c1ccc(C(CC)C(=O)O)cc1)C2=O. The number of amides is 2. The number of hydrogen-bond acceptors (Lipinski definition) is 5. The molecular weight excluding hydrogens is 446 g/mol. The molecule has 2 amide bonds. The topological polar surface area (TPSA) is 93.1 Å². The van der Waals surface area contributed by atoms with E-state index in [1.165, 1.54) is 0 Å². The van der Waals surface area contributed by atoms with Gasteiger partial charge in [-0.1, -0.05) is 57.2 Å². The van der Waals surface area contributed by atoms with Gasteiger partial charge in [0.2, 0.25) is 0 Å². The summed E-state index contributed by atoms with van der Waals surface area (Å²) in [6.07, 6.45) is 1.92. The van der Waals surface area contributed by atoms with Gasteiger partial charge >= 0.3 is 5.97 Å².